The van der Waals surface area contributed by atoms with Crippen molar-refractivity contribution < 1.29 is 4.79 Å². The quantitative estimate of drug-likeness (QED) is 0.715. The largest absolute Gasteiger partial charge is 0.303 e. The van der Waals surface area contributed by atoms with Gasteiger partial charge in [0.1, 0.15) is 10.8 Å². The SMILES string of the molecule is Cc1ccc(-c2nc(NC(=O)c3nn[nH]n3)cs2)cc1.[Na]. The van der Waals surface area contributed by atoms with E-state index >= 15 is 0 Å². The summed E-state index contributed by atoms with van der Waals surface area (Å²) in [4.78, 5) is 16.1. The van der Waals surface area contributed by atoms with Gasteiger partial charge in [0, 0.05) is 40.5 Å². The molecule has 0 spiro atoms. The summed E-state index contributed by atoms with van der Waals surface area (Å²) in [7, 11) is 0. The molecule has 2 aromatic heterocycles. The zero-order chi connectivity index (χ0) is 13.9. The van der Waals surface area contributed by atoms with Crippen molar-refractivity contribution in [3.63, 3.8) is 0 Å². The van der Waals surface area contributed by atoms with Gasteiger partial charge in [-0.3, -0.25) is 4.79 Å². The number of carbonyl (C=O) groups is 1. The molecule has 0 saturated heterocycles. The van der Waals surface area contributed by atoms with Crippen LogP contribution in [-0.4, -0.2) is 61.1 Å². The van der Waals surface area contributed by atoms with E-state index in [4.69, 9.17) is 0 Å². The molecule has 0 aliphatic heterocycles. The van der Waals surface area contributed by atoms with Crippen molar-refractivity contribution in [3.05, 3.63) is 41.0 Å². The molecular formula is C12H10N6NaOS. The molecule has 3 aromatic rings. The van der Waals surface area contributed by atoms with E-state index in [2.05, 4.69) is 30.9 Å². The number of carbonyl (C=O) groups excluding carboxylic acids is 1. The molecule has 101 valence electrons. The van der Waals surface area contributed by atoms with E-state index < -0.39 is 5.91 Å². The maximum absolute atomic E-state index is 11.7. The minimum atomic E-state index is -0.445. The number of aromatic amines is 1. The maximum Gasteiger partial charge on any atom is 0.298 e. The fourth-order valence-corrected chi connectivity index (χ4v) is 2.35. The van der Waals surface area contributed by atoms with Gasteiger partial charge in [-0.1, -0.05) is 29.8 Å². The summed E-state index contributed by atoms with van der Waals surface area (Å²) in [5.74, 6) is 0.00904. The fourth-order valence-electron chi connectivity index (χ4n) is 1.59. The first kappa shape index (κ1) is 15.8. The van der Waals surface area contributed by atoms with Crippen LogP contribution in [0.25, 0.3) is 10.6 Å². The Balaban J connectivity index is 0.00000161. The Labute approximate surface area is 146 Å². The Morgan fingerprint density at radius 1 is 1.29 bits per heavy atom. The van der Waals surface area contributed by atoms with Crippen LogP contribution in [-0.2, 0) is 0 Å². The molecule has 21 heavy (non-hydrogen) atoms. The first-order valence-electron chi connectivity index (χ1n) is 5.80. The molecule has 0 fully saturated rings. The van der Waals surface area contributed by atoms with Gasteiger partial charge in [0.15, 0.2) is 0 Å². The van der Waals surface area contributed by atoms with E-state index in [1.165, 1.54) is 16.9 Å². The van der Waals surface area contributed by atoms with E-state index in [0.717, 1.165) is 10.6 Å². The molecule has 9 heteroatoms. The second kappa shape index (κ2) is 6.90. The molecule has 1 amide bonds. The number of nitrogens with zero attached hydrogens (tertiary/aromatic N) is 4. The summed E-state index contributed by atoms with van der Waals surface area (Å²) in [6.45, 7) is 2.03. The van der Waals surface area contributed by atoms with Gasteiger partial charge in [-0.15, -0.1) is 21.5 Å². The van der Waals surface area contributed by atoms with Crippen LogP contribution in [0.4, 0.5) is 5.82 Å². The third-order valence-electron chi connectivity index (χ3n) is 2.59. The number of rotatable bonds is 3. The van der Waals surface area contributed by atoms with Gasteiger partial charge >= 0.3 is 0 Å². The molecule has 2 N–H and O–H groups in total. The molecule has 0 aliphatic rings. The normalized spacial score (nSPS) is 9.95. The Morgan fingerprint density at radius 3 is 2.71 bits per heavy atom. The van der Waals surface area contributed by atoms with E-state index in [1.54, 1.807) is 5.38 Å². The Bertz CT molecular complexity index is 725. The summed E-state index contributed by atoms with van der Waals surface area (Å²) in [5, 5.41) is 18.0. The second-order valence-electron chi connectivity index (χ2n) is 4.09. The van der Waals surface area contributed by atoms with Crippen LogP contribution in [0.1, 0.15) is 16.2 Å². The number of thiazole rings is 1. The molecule has 0 aliphatic carbocycles. The molecule has 0 atom stereocenters. The van der Waals surface area contributed by atoms with Crippen LogP contribution in [0.5, 0.6) is 0 Å². The topological polar surface area (TPSA) is 96.5 Å². The number of anilines is 1. The number of aryl methyl sites for hydroxylation is 1. The van der Waals surface area contributed by atoms with Gasteiger partial charge in [-0.25, -0.2) is 4.98 Å². The average molecular weight is 309 g/mol. The molecule has 7 nitrogen and oxygen atoms in total. The maximum atomic E-state index is 11.7. The van der Waals surface area contributed by atoms with Crippen LogP contribution in [0.15, 0.2) is 29.6 Å². The first-order chi connectivity index (χ1) is 9.72. The van der Waals surface area contributed by atoms with Gasteiger partial charge in [-0.2, -0.15) is 5.21 Å². The number of benzene rings is 1. The number of H-pyrrole nitrogens is 1. The number of hydrogen-bond donors (Lipinski definition) is 2. The summed E-state index contributed by atoms with van der Waals surface area (Å²) < 4.78 is 0. The van der Waals surface area contributed by atoms with Gasteiger partial charge in [-0.05, 0) is 12.1 Å². The van der Waals surface area contributed by atoms with Gasteiger partial charge in [0.05, 0.1) is 0 Å². The molecule has 3 rings (SSSR count). The Kier molecular flexibility index (Phi) is 5.18. The molecule has 1 radical (unpaired) electrons. The summed E-state index contributed by atoms with van der Waals surface area (Å²) >= 11 is 1.46. The minimum Gasteiger partial charge on any atom is -0.303 e. The summed E-state index contributed by atoms with van der Waals surface area (Å²) in [5.41, 5.74) is 2.21. The van der Waals surface area contributed by atoms with Crippen molar-refractivity contribution >= 4 is 52.6 Å². The smallest absolute Gasteiger partial charge is 0.298 e. The molecule has 0 saturated carbocycles. The first-order valence-corrected chi connectivity index (χ1v) is 6.68. The van der Waals surface area contributed by atoms with Crippen LogP contribution in [0, 0.1) is 6.92 Å². The van der Waals surface area contributed by atoms with Crippen LogP contribution in [0.2, 0.25) is 0 Å². The van der Waals surface area contributed by atoms with Crippen molar-refractivity contribution in [1.29, 1.82) is 0 Å². The Hall–Kier alpha value is -1.61. The van der Waals surface area contributed by atoms with E-state index in [9.17, 15) is 4.79 Å². The fraction of sp³-hybridized carbons (Fsp3) is 0.0833. The predicted molar refractivity (Wildman–Crippen MR) is 80.2 cm³/mol. The molecule has 0 bridgehead atoms. The second-order valence-corrected chi connectivity index (χ2v) is 4.95. The average Bonchev–Trinajstić information content (AvgIpc) is 3.10. The third-order valence-corrected chi connectivity index (χ3v) is 3.48. The van der Waals surface area contributed by atoms with Crippen molar-refractivity contribution in [2.24, 2.45) is 0 Å². The van der Waals surface area contributed by atoms with Crippen LogP contribution < -0.4 is 5.32 Å². The number of nitrogens with one attached hydrogen (secondary N) is 2. The third kappa shape index (κ3) is 3.73. The van der Waals surface area contributed by atoms with Crippen molar-refractivity contribution in [3.8, 4) is 10.6 Å². The van der Waals surface area contributed by atoms with Gasteiger partial charge < -0.3 is 5.32 Å². The zero-order valence-electron chi connectivity index (χ0n) is 11.5. The van der Waals surface area contributed by atoms with Crippen LogP contribution in [0.3, 0.4) is 0 Å². The molecule has 1 aromatic carbocycles. The standard InChI is InChI=1S/C12H10N6OS.Na/c1-7-2-4-8(5-3-7)12-14-9(6-20-12)13-11(19)10-15-17-18-16-10;/h2-6H,1H3,(H,13,19)(H,15,16,17,18);. The molecule has 0 unspecified atom stereocenters. The zero-order valence-corrected chi connectivity index (χ0v) is 14.3. The van der Waals surface area contributed by atoms with Crippen molar-refractivity contribution in [2.75, 3.05) is 5.32 Å². The van der Waals surface area contributed by atoms with Gasteiger partial charge in [0.25, 0.3) is 11.7 Å². The van der Waals surface area contributed by atoms with E-state index in [-0.39, 0.29) is 35.4 Å². The van der Waals surface area contributed by atoms with E-state index in [1.807, 2.05) is 31.2 Å². The Morgan fingerprint density at radius 2 is 2.05 bits per heavy atom. The summed E-state index contributed by atoms with van der Waals surface area (Å²) in [6, 6.07) is 8.04. The number of hydrogen-bond acceptors (Lipinski definition) is 6. The minimum absolute atomic E-state index is 0. The number of tetrazole rings is 1. The van der Waals surface area contributed by atoms with E-state index in [0.29, 0.717) is 5.82 Å². The predicted octanol–water partition coefficient (Wildman–Crippen LogP) is 1.50. The van der Waals surface area contributed by atoms with Crippen molar-refractivity contribution in [1.82, 2.24) is 25.6 Å². The monoisotopic (exact) mass is 309 g/mol. The van der Waals surface area contributed by atoms with Crippen LogP contribution >= 0.6 is 11.3 Å². The molecule has 2 heterocycles. The molecular weight excluding hydrogens is 299 g/mol. The van der Waals surface area contributed by atoms with Gasteiger partial charge in [0.2, 0.25) is 0 Å². The number of amides is 1. The van der Waals surface area contributed by atoms with Crippen molar-refractivity contribution in [2.45, 2.75) is 6.92 Å². The number of aromatic nitrogens is 5. The summed E-state index contributed by atoms with van der Waals surface area (Å²) in [6.07, 6.45) is 0.